The van der Waals surface area contributed by atoms with Gasteiger partial charge in [0.05, 0.1) is 0 Å². The molecule has 2 aliphatic rings. The number of nitrogens with zero attached hydrogens (tertiary/aromatic N) is 1. The van der Waals surface area contributed by atoms with Crippen molar-refractivity contribution in [2.45, 2.75) is 26.7 Å². The van der Waals surface area contributed by atoms with Gasteiger partial charge in [0.15, 0.2) is 0 Å². The standard InChI is InChI=1S/C21H23IN2O4S/c1-3-28-20(25)17-16(14-8-5-4-6-9-14)18(13(2)24-27)29-19(17)23-21(26)22-11-7-10-15(22)12-22/h4-6,8-9,27H,3,7,10-12H2,1-2H3,(H,23,26)/b24-13+. The van der Waals surface area contributed by atoms with Crippen LogP contribution in [0.1, 0.15) is 41.9 Å². The molecule has 8 heteroatoms. The number of hydrogen-bond acceptors (Lipinski definition) is 6. The molecule has 2 aliphatic heterocycles. The molecule has 0 aliphatic carbocycles. The number of oxime groups is 1. The van der Waals surface area contributed by atoms with Crippen LogP contribution >= 0.6 is 29.3 Å². The van der Waals surface area contributed by atoms with E-state index in [1.807, 2.05) is 30.3 Å². The van der Waals surface area contributed by atoms with Gasteiger partial charge in [-0.25, -0.2) is 0 Å². The fraction of sp³-hybridized carbons (Fsp3) is 0.333. The second kappa shape index (κ2) is 7.98. The van der Waals surface area contributed by atoms with Crippen LogP contribution < -0.4 is 5.32 Å². The summed E-state index contributed by atoms with van der Waals surface area (Å²) in [6.07, 6.45) is 2.21. The summed E-state index contributed by atoms with van der Waals surface area (Å²) in [6.45, 7) is 3.67. The molecule has 1 aromatic carbocycles. The number of benzene rings is 1. The number of anilines is 1. The zero-order valence-corrected chi connectivity index (χ0v) is 19.3. The molecule has 0 saturated carbocycles. The number of carbonyl (C=O) groups is 2. The molecule has 1 unspecified atom stereocenters. The molecule has 3 heterocycles. The van der Waals surface area contributed by atoms with E-state index in [-0.39, 0.29) is 10.5 Å². The molecule has 1 amide bonds. The average Bonchev–Trinajstić information content (AvgIpc) is 3.10. The van der Waals surface area contributed by atoms with Gasteiger partial charge in [0.25, 0.3) is 0 Å². The van der Waals surface area contributed by atoms with E-state index in [4.69, 9.17) is 4.74 Å². The van der Waals surface area contributed by atoms with Crippen LogP contribution in [0.15, 0.2) is 35.5 Å². The minimum atomic E-state index is -2.44. The first-order valence-corrected chi connectivity index (χ1v) is 15.5. The third-order valence-electron chi connectivity index (χ3n) is 5.18. The van der Waals surface area contributed by atoms with Crippen molar-refractivity contribution >= 4 is 53.4 Å². The molecule has 29 heavy (non-hydrogen) atoms. The average molecular weight is 526 g/mol. The monoisotopic (exact) mass is 526 g/mol. The van der Waals surface area contributed by atoms with Gasteiger partial charge in [0, 0.05) is 0 Å². The molecular formula is C21H23IN2O4S. The van der Waals surface area contributed by atoms with Crippen LogP contribution in [0.2, 0.25) is 0 Å². The van der Waals surface area contributed by atoms with Crippen LogP contribution in [0.3, 0.4) is 0 Å². The Morgan fingerprint density at radius 3 is 2.66 bits per heavy atom. The fourth-order valence-electron chi connectivity index (χ4n) is 3.70. The van der Waals surface area contributed by atoms with Crippen molar-refractivity contribution in [1.82, 2.24) is 0 Å². The van der Waals surface area contributed by atoms with Crippen LogP contribution in [-0.2, 0) is 4.74 Å². The normalized spacial score (nSPS) is 22.6. The van der Waals surface area contributed by atoms with Crippen molar-refractivity contribution in [2.24, 2.45) is 5.16 Å². The van der Waals surface area contributed by atoms with Crippen molar-refractivity contribution in [3.63, 3.8) is 0 Å². The Balaban J connectivity index is 1.85. The second-order valence-corrected chi connectivity index (χ2v) is 17.0. The second-order valence-electron chi connectivity index (χ2n) is 6.94. The molecular weight excluding hydrogens is 503 g/mol. The summed E-state index contributed by atoms with van der Waals surface area (Å²) in [4.78, 5) is 26.7. The molecule has 6 nitrogen and oxygen atoms in total. The molecule has 0 radical (unpaired) electrons. The number of hydrogen-bond donors (Lipinski definition) is 2. The number of thiophene rings is 1. The van der Waals surface area contributed by atoms with E-state index >= 15 is 0 Å². The third kappa shape index (κ3) is 3.52. The summed E-state index contributed by atoms with van der Waals surface area (Å²) < 4.78 is 9.00. The van der Waals surface area contributed by atoms with E-state index in [9.17, 15) is 14.8 Å². The summed E-state index contributed by atoms with van der Waals surface area (Å²) in [5.41, 5.74) is 2.17. The maximum atomic E-state index is 13.1. The van der Waals surface area contributed by atoms with E-state index in [0.717, 1.165) is 27.3 Å². The summed E-state index contributed by atoms with van der Waals surface area (Å²) in [6, 6.07) is 9.45. The van der Waals surface area contributed by atoms with Gasteiger partial charge >= 0.3 is 177 Å². The Labute approximate surface area is 177 Å². The third-order valence-corrected chi connectivity index (χ3v) is 16.3. The number of halogens is 1. The zero-order chi connectivity index (χ0) is 20.6. The van der Waals surface area contributed by atoms with E-state index in [1.54, 1.807) is 13.8 Å². The van der Waals surface area contributed by atoms with Crippen molar-refractivity contribution in [3.8, 4) is 11.1 Å². The Morgan fingerprint density at radius 1 is 1.31 bits per heavy atom. The molecule has 4 rings (SSSR count). The molecule has 0 fully saturated rings. The predicted octanol–water partition coefficient (Wildman–Crippen LogP) is 5.34. The SMILES string of the molecule is CCOC(=O)c1c(NC(=O)I23=C(CCC2)C3)sc(/C(C)=N/O)c1-c1ccccc1. The van der Waals surface area contributed by atoms with E-state index in [1.165, 1.54) is 14.8 Å². The quantitative estimate of drug-likeness (QED) is 0.0778. The molecule has 0 bridgehead atoms. The van der Waals surface area contributed by atoms with Crippen LogP contribution in [-0.4, -0.2) is 39.8 Å². The number of rotatable bonds is 6. The van der Waals surface area contributed by atoms with Gasteiger partial charge < -0.3 is 0 Å². The first-order chi connectivity index (χ1) is 14.0. The Bertz CT molecular complexity index is 1070. The van der Waals surface area contributed by atoms with Crippen molar-refractivity contribution in [3.05, 3.63) is 40.8 Å². The Hall–Kier alpha value is -2.07. The Kier molecular flexibility index (Phi) is 5.56. The van der Waals surface area contributed by atoms with Gasteiger partial charge in [-0.05, 0) is 0 Å². The van der Waals surface area contributed by atoms with E-state index in [0.29, 0.717) is 26.7 Å². The number of amides is 1. The minimum absolute atomic E-state index is 0.126. The number of ether oxygens (including phenoxy) is 1. The summed E-state index contributed by atoms with van der Waals surface area (Å²) in [7, 11) is 0. The molecule has 1 aromatic heterocycles. The summed E-state index contributed by atoms with van der Waals surface area (Å²) >= 11 is -1.17. The zero-order valence-electron chi connectivity index (χ0n) is 16.3. The van der Waals surface area contributed by atoms with Crippen molar-refractivity contribution in [1.29, 1.82) is 0 Å². The van der Waals surface area contributed by atoms with Gasteiger partial charge in [0.2, 0.25) is 0 Å². The van der Waals surface area contributed by atoms with Crippen LogP contribution in [0.4, 0.5) is 9.80 Å². The van der Waals surface area contributed by atoms with Gasteiger partial charge in [-0.1, -0.05) is 0 Å². The molecule has 0 spiro atoms. The number of alkyl halides is 2. The van der Waals surface area contributed by atoms with Crippen LogP contribution in [0.5, 0.6) is 0 Å². The van der Waals surface area contributed by atoms with Gasteiger partial charge in [0.1, 0.15) is 0 Å². The van der Waals surface area contributed by atoms with E-state index in [2.05, 4.69) is 10.5 Å². The number of esters is 1. The first-order valence-electron chi connectivity index (χ1n) is 9.47. The molecule has 2 N–H and O–H groups in total. The number of nitrogens with one attached hydrogen (secondary N) is 1. The van der Waals surface area contributed by atoms with Crippen molar-refractivity contribution in [2.75, 3.05) is 20.8 Å². The maximum absolute atomic E-state index is 13.1. The summed E-state index contributed by atoms with van der Waals surface area (Å²) in [5, 5.41) is 16.3. The van der Waals surface area contributed by atoms with Crippen LogP contribution in [0, 0.1) is 0 Å². The Morgan fingerprint density at radius 2 is 2.07 bits per heavy atom. The van der Waals surface area contributed by atoms with Crippen LogP contribution in [0.25, 0.3) is 11.1 Å². The molecule has 154 valence electrons. The summed E-state index contributed by atoms with van der Waals surface area (Å²) in [5.74, 6) is -0.481. The molecule has 2 aromatic rings. The van der Waals surface area contributed by atoms with Crippen molar-refractivity contribution < 1.29 is 19.5 Å². The van der Waals surface area contributed by atoms with Gasteiger partial charge in [-0.15, -0.1) is 0 Å². The topological polar surface area (TPSA) is 88.0 Å². The molecule has 1 atom stereocenters. The number of carbonyl (C=O) groups excluding carboxylic acids is 2. The first kappa shape index (κ1) is 20.2. The van der Waals surface area contributed by atoms with Gasteiger partial charge in [-0.3, -0.25) is 0 Å². The van der Waals surface area contributed by atoms with E-state index < -0.39 is 23.9 Å². The van der Waals surface area contributed by atoms with Gasteiger partial charge in [-0.2, -0.15) is 0 Å². The molecule has 0 saturated heterocycles. The predicted molar refractivity (Wildman–Crippen MR) is 127 cm³/mol. The fourth-order valence-corrected chi connectivity index (χ4v) is 15.6.